The summed E-state index contributed by atoms with van der Waals surface area (Å²) < 4.78 is 0. The molecule has 0 spiro atoms. The van der Waals surface area contributed by atoms with Gasteiger partial charge in [0.2, 0.25) is 0 Å². The minimum Gasteiger partial charge on any atom is -0.316 e. The Morgan fingerprint density at radius 1 is 0.850 bits per heavy atom. The smallest absolute Gasteiger partial charge is 0.0236 e. The van der Waals surface area contributed by atoms with Crippen molar-refractivity contribution in [1.82, 2.24) is 10.2 Å². The van der Waals surface area contributed by atoms with Gasteiger partial charge in [-0.05, 0) is 63.0 Å². The van der Waals surface area contributed by atoms with E-state index in [9.17, 15) is 0 Å². The van der Waals surface area contributed by atoms with E-state index in [0.717, 1.165) is 26.1 Å². The molecule has 2 heteroatoms. The summed E-state index contributed by atoms with van der Waals surface area (Å²) in [5.74, 6) is 0. The topological polar surface area (TPSA) is 15.3 Å². The fourth-order valence-corrected chi connectivity index (χ4v) is 2.62. The minimum absolute atomic E-state index is 1.09. The lowest BCUT2D eigenvalue weighted by Gasteiger charge is -2.22. The molecule has 0 aliphatic rings. The fraction of sp³-hybridized carbons (Fsp3) is 0.667. The third-order valence-electron chi connectivity index (χ3n) is 3.59. The van der Waals surface area contributed by atoms with E-state index in [0.29, 0.717) is 0 Å². The number of hydrogen-bond acceptors (Lipinski definition) is 2. The second-order valence-corrected chi connectivity index (χ2v) is 5.54. The van der Waals surface area contributed by atoms with E-state index in [-0.39, 0.29) is 0 Å². The molecule has 2 nitrogen and oxygen atoms in total. The maximum Gasteiger partial charge on any atom is 0.0236 e. The van der Waals surface area contributed by atoms with Crippen LogP contribution in [-0.2, 0) is 13.0 Å². The van der Waals surface area contributed by atoms with Crippen molar-refractivity contribution in [3.8, 4) is 0 Å². The highest BCUT2D eigenvalue weighted by atomic mass is 15.1. The van der Waals surface area contributed by atoms with Crippen molar-refractivity contribution in [3.63, 3.8) is 0 Å². The van der Waals surface area contributed by atoms with Crippen molar-refractivity contribution < 1.29 is 0 Å². The van der Waals surface area contributed by atoms with Gasteiger partial charge in [0.1, 0.15) is 0 Å². The monoisotopic (exact) mass is 276 g/mol. The van der Waals surface area contributed by atoms with Crippen LogP contribution in [0.5, 0.6) is 0 Å². The van der Waals surface area contributed by atoms with Crippen LogP contribution < -0.4 is 5.32 Å². The molecule has 0 heterocycles. The van der Waals surface area contributed by atoms with Crippen LogP contribution in [0.2, 0.25) is 0 Å². The fourth-order valence-electron chi connectivity index (χ4n) is 2.62. The van der Waals surface area contributed by atoms with Crippen LogP contribution in [0, 0.1) is 0 Å². The summed E-state index contributed by atoms with van der Waals surface area (Å²) in [5.41, 5.74) is 3.01. The lowest BCUT2D eigenvalue weighted by molar-refractivity contribution is 0.266. The Morgan fingerprint density at radius 3 is 2.10 bits per heavy atom. The lowest BCUT2D eigenvalue weighted by atomic mass is 10.0. The molecule has 0 saturated heterocycles. The summed E-state index contributed by atoms with van der Waals surface area (Å²) in [7, 11) is 0. The van der Waals surface area contributed by atoms with Gasteiger partial charge in [0.05, 0.1) is 0 Å². The Morgan fingerprint density at radius 2 is 1.50 bits per heavy atom. The Bertz CT molecular complexity index is 343. The number of nitrogens with one attached hydrogen (secondary N) is 1. The maximum atomic E-state index is 3.50. The second kappa shape index (κ2) is 10.9. The van der Waals surface area contributed by atoms with Crippen LogP contribution >= 0.6 is 0 Å². The van der Waals surface area contributed by atoms with Crippen molar-refractivity contribution in [2.45, 2.75) is 53.0 Å². The maximum absolute atomic E-state index is 3.50. The van der Waals surface area contributed by atoms with Crippen LogP contribution in [0.15, 0.2) is 24.3 Å². The third kappa shape index (κ3) is 6.53. The molecule has 0 saturated carbocycles. The van der Waals surface area contributed by atoms with Gasteiger partial charge in [0.15, 0.2) is 0 Å². The Kier molecular flexibility index (Phi) is 9.35. The molecule has 1 aromatic carbocycles. The molecule has 0 amide bonds. The van der Waals surface area contributed by atoms with Crippen LogP contribution in [0.3, 0.4) is 0 Å². The summed E-state index contributed by atoms with van der Waals surface area (Å²) in [6.07, 6.45) is 4.82. The number of nitrogens with zero attached hydrogens (tertiary/aromatic N) is 1. The summed E-state index contributed by atoms with van der Waals surface area (Å²) >= 11 is 0. The Hall–Kier alpha value is -0.860. The highest BCUT2D eigenvalue weighted by Crippen LogP contribution is 2.13. The van der Waals surface area contributed by atoms with Crippen molar-refractivity contribution in [2.24, 2.45) is 0 Å². The number of benzene rings is 1. The first kappa shape index (κ1) is 17.2. The number of rotatable bonds is 11. The average Bonchev–Trinajstić information content (AvgIpc) is 2.46. The largest absolute Gasteiger partial charge is 0.316 e. The molecule has 0 aliphatic heterocycles. The quantitative estimate of drug-likeness (QED) is 0.618. The van der Waals surface area contributed by atoms with Crippen LogP contribution in [0.4, 0.5) is 0 Å². The first-order valence-electron chi connectivity index (χ1n) is 8.31. The molecule has 20 heavy (non-hydrogen) atoms. The van der Waals surface area contributed by atoms with E-state index in [1.165, 1.54) is 43.5 Å². The minimum atomic E-state index is 1.09. The summed E-state index contributed by atoms with van der Waals surface area (Å²) in [6, 6.07) is 8.93. The molecule has 0 atom stereocenters. The van der Waals surface area contributed by atoms with Gasteiger partial charge in [0, 0.05) is 6.54 Å². The molecule has 0 unspecified atom stereocenters. The Labute approximate surface area is 125 Å². The normalized spacial score (nSPS) is 11.2. The Balaban J connectivity index is 2.58. The standard InChI is InChI=1S/C18H32N2/c1-4-12-19-13-11-17-9-7-8-10-18(17)16-20(14-5-2)15-6-3/h7-10,19H,4-6,11-16H2,1-3H3. The average molecular weight is 276 g/mol. The van der Waals surface area contributed by atoms with Gasteiger partial charge in [-0.2, -0.15) is 0 Å². The van der Waals surface area contributed by atoms with Crippen molar-refractivity contribution >= 4 is 0 Å². The van der Waals surface area contributed by atoms with Gasteiger partial charge in [-0.1, -0.05) is 45.0 Å². The molecule has 1 N–H and O–H groups in total. The molecule has 0 radical (unpaired) electrons. The molecule has 0 aliphatic carbocycles. The van der Waals surface area contributed by atoms with Crippen LogP contribution in [0.1, 0.15) is 51.2 Å². The SMILES string of the molecule is CCCNCCc1ccccc1CN(CCC)CCC. The molecule has 0 bridgehead atoms. The third-order valence-corrected chi connectivity index (χ3v) is 3.59. The van der Waals surface area contributed by atoms with Gasteiger partial charge in [-0.3, -0.25) is 4.90 Å². The lowest BCUT2D eigenvalue weighted by Crippen LogP contribution is -2.26. The molecule has 0 fully saturated rings. The molecule has 1 aromatic rings. The van der Waals surface area contributed by atoms with E-state index < -0.39 is 0 Å². The van der Waals surface area contributed by atoms with Crippen LogP contribution in [0.25, 0.3) is 0 Å². The number of hydrogen-bond donors (Lipinski definition) is 1. The van der Waals surface area contributed by atoms with Gasteiger partial charge >= 0.3 is 0 Å². The summed E-state index contributed by atoms with van der Waals surface area (Å²) in [4.78, 5) is 2.58. The molecular formula is C18H32N2. The van der Waals surface area contributed by atoms with Crippen molar-refractivity contribution in [2.75, 3.05) is 26.2 Å². The molecular weight excluding hydrogens is 244 g/mol. The van der Waals surface area contributed by atoms with Crippen molar-refractivity contribution in [3.05, 3.63) is 35.4 Å². The zero-order valence-electron chi connectivity index (χ0n) is 13.6. The van der Waals surface area contributed by atoms with E-state index in [1.807, 2.05) is 0 Å². The molecule has 114 valence electrons. The molecule has 0 aromatic heterocycles. The van der Waals surface area contributed by atoms with Gasteiger partial charge in [-0.25, -0.2) is 0 Å². The molecule has 1 rings (SSSR count). The van der Waals surface area contributed by atoms with Crippen molar-refractivity contribution in [1.29, 1.82) is 0 Å². The summed E-state index contributed by atoms with van der Waals surface area (Å²) in [6.45, 7) is 12.5. The van der Waals surface area contributed by atoms with Gasteiger partial charge in [-0.15, -0.1) is 0 Å². The first-order chi connectivity index (χ1) is 9.81. The first-order valence-corrected chi connectivity index (χ1v) is 8.31. The highest BCUT2D eigenvalue weighted by Gasteiger charge is 2.07. The van der Waals surface area contributed by atoms with Gasteiger partial charge in [0.25, 0.3) is 0 Å². The van der Waals surface area contributed by atoms with E-state index in [1.54, 1.807) is 0 Å². The predicted molar refractivity (Wildman–Crippen MR) is 89.2 cm³/mol. The van der Waals surface area contributed by atoms with E-state index in [2.05, 4.69) is 55.3 Å². The van der Waals surface area contributed by atoms with E-state index >= 15 is 0 Å². The zero-order valence-corrected chi connectivity index (χ0v) is 13.6. The summed E-state index contributed by atoms with van der Waals surface area (Å²) in [5, 5.41) is 3.50. The second-order valence-electron chi connectivity index (χ2n) is 5.54. The van der Waals surface area contributed by atoms with Gasteiger partial charge < -0.3 is 5.32 Å². The predicted octanol–water partition coefficient (Wildman–Crippen LogP) is 3.85. The van der Waals surface area contributed by atoms with Crippen LogP contribution in [-0.4, -0.2) is 31.1 Å². The zero-order chi connectivity index (χ0) is 14.6. The highest BCUT2D eigenvalue weighted by molar-refractivity contribution is 5.27. The van der Waals surface area contributed by atoms with E-state index in [4.69, 9.17) is 0 Å².